The first kappa shape index (κ1) is 19.0. The number of methoxy groups -OCH3 is 2. The molecule has 6 nitrogen and oxygen atoms in total. The molecule has 1 aromatic rings. The van der Waals surface area contributed by atoms with Gasteiger partial charge in [-0.25, -0.2) is 0 Å². The zero-order valence-electron chi connectivity index (χ0n) is 15.0. The molecule has 136 valence electrons. The molecule has 2 rings (SSSR count). The number of hydrogen-bond donors (Lipinski definition) is 1. The van der Waals surface area contributed by atoms with Gasteiger partial charge < -0.3 is 24.1 Å². The van der Waals surface area contributed by atoms with E-state index in [0.717, 1.165) is 18.7 Å². The molecule has 1 fully saturated rings. The summed E-state index contributed by atoms with van der Waals surface area (Å²) >= 11 is 0. The van der Waals surface area contributed by atoms with E-state index in [1.165, 1.54) is 0 Å². The summed E-state index contributed by atoms with van der Waals surface area (Å²) in [6.07, 6.45) is -0.107. The molecule has 0 bridgehead atoms. The molecule has 6 heteroatoms. The van der Waals surface area contributed by atoms with Gasteiger partial charge >= 0.3 is 0 Å². The predicted molar refractivity (Wildman–Crippen MR) is 91.7 cm³/mol. The maximum absolute atomic E-state index is 10.2. The van der Waals surface area contributed by atoms with Crippen molar-refractivity contribution in [2.24, 2.45) is 0 Å². The van der Waals surface area contributed by atoms with Crippen molar-refractivity contribution in [2.45, 2.75) is 38.8 Å². The van der Waals surface area contributed by atoms with Crippen LogP contribution in [0.5, 0.6) is 11.5 Å². The van der Waals surface area contributed by atoms with Gasteiger partial charge in [-0.3, -0.25) is 4.90 Å². The highest BCUT2D eigenvalue weighted by Crippen LogP contribution is 2.27. The number of benzene rings is 1. The monoisotopic (exact) mass is 339 g/mol. The number of aliphatic hydroxyl groups excluding tert-OH is 1. The molecule has 3 atom stereocenters. The average Bonchev–Trinajstić information content (AvgIpc) is 2.53. The molecule has 0 aromatic heterocycles. The summed E-state index contributed by atoms with van der Waals surface area (Å²) in [5.74, 6) is 1.37. The first-order valence-electron chi connectivity index (χ1n) is 8.36. The summed E-state index contributed by atoms with van der Waals surface area (Å²) in [6, 6.07) is 5.67. The third kappa shape index (κ3) is 5.63. The lowest BCUT2D eigenvalue weighted by Crippen LogP contribution is -2.48. The molecule has 1 heterocycles. The lowest BCUT2D eigenvalue weighted by molar-refractivity contribution is -0.0826. The van der Waals surface area contributed by atoms with Crippen LogP contribution in [0.3, 0.4) is 0 Å². The van der Waals surface area contributed by atoms with Gasteiger partial charge in [0.15, 0.2) is 11.5 Å². The summed E-state index contributed by atoms with van der Waals surface area (Å²) in [5, 5.41) is 10.2. The highest BCUT2D eigenvalue weighted by atomic mass is 16.5. The summed E-state index contributed by atoms with van der Waals surface area (Å²) in [7, 11) is 3.22. The third-order valence-corrected chi connectivity index (χ3v) is 3.99. The summed E-state index contributed by atoms with van der Waals surface area (Å²) in [4.78, 5) is 2.23. The minimum Gasteiger partial charge on any atom is -0.493 e. The molecule has 1 aliphatic heterocycles. The van der Waals surface area contributed by atoms with Crippen LogP contribution in [0.1, 0.15) is 19.4 Å². The minimum absolute atomic E-state index is 0.202. The van der Waals surface area contributed by atoms with Gasteiger partial charge in [0.05, 0.1) is 45.7 Å². The van der Waals surface area contributed by atoms with Crippen LogP contribution in [0.25, 0.3) is 0 Å². The van der Waals surface area contributed by atoms with Crippen LogP contribution in [0.2, 0.25) is 0 Å². The molecule has 1 aliphatic rings. The van der Waals surface area contributed by atoms with Crippen molar-refractivity contribution < 1.29 is 24.1 Å². The Hall–Kier alpha value is -1.34. The lowest BCUT2D eigenvalue weighted by atomic mass is 10.2. The molecule has 1 aromatic carbocycles. The fraction of sp³-hybridized carbons (Fsp3) is 0.667. The Morgan fingerprint density at radius 2 is 1.83 bits per heavy atom. The number of rotatable bonds is 8. The van der Waals surface area contributed by atoms with Crippen LogP contribution in [-0.4, -0.2) is 68.8 Å². The second-order valence-electron chi connectivity index (χ2n) is 6.33. The van der Waals surface area contributed by atoms with E-state index in [9.17, 15) is 5.11 Å². The largest absolute Gasteiger partial charge is 0.493 e. The van der Waals surface area contributed by atoms with Gasteiger partial charge in [-0.15, -0.1) is 0 Å². The van der Waals surface area contributed by atoms with Gasteiger partial charge in [-0.1, -0.05) is 6.07 Å². The molecule has 1 saturated heterocycles. The summed E-state index contributed by atoms with van der Waals surface area (Å²) in [5.41, 5.74) is 0.980. The van der Waals surface area contributed by atoms with Gasteiger partial charge in [0.1, 0.15) is 0 Å². The maximum atomic E-state index is 10.2. The fourth-order valence-corrected chi connectivity index (χ4v) is 3.07. The predicted octanol–water partition coefficient (Wildman–Crippen LogP) is 1.69. The van der Waals surface area contributed by atoms with Crippen molar-refractivity contribution in [2.75, 3.05) is 40.5 Å². The second-order valence-corrected chi connectivity index (χ2v) is 6.33. The smallest absolute Gasteiger partial charge is 0.161 e. The number of morpholine rings is 1. The van der Waals surface area contributed by atoms with Crippen LogP contribution in [-0.2, 0) is 16.1 Å². The first-order valence-corrected chi connectivity index (χ1v) is 8.36. The van der Waals surface area contributed by atoms with Crippen molar-refractivity contribution >= 4 is 0 Å². The molecule has 0 amide bonds. The Morgan fingerprint density at radius 3 is 2.46 bits per heavy atom. The van der Waals surface area contributed by atoms with Gasteiger partial charge in [0.25, 0.3) is 0 Å². The van der Waals surface area contributed by atoms with E-state index in [-0.39, 0.29) is 12.2 Å². The fourth-order valence-electron chi connectivity index (χ4n) is 3.07. The molecule has 0 aliphatic carbocycles. The normalized spacial score (nSPS) is 23.0. The van der Waals surface area contributed by atoms with Gasteiger partial charge in [0.2, 0.25) is 0 Å². The molecule has 1 N–H and O–H groups in total. The average molecular weight is 339 g/mol. The Labute approximate surface area is 144 Å². The lowest BCUT2D eigenvalue weighted by Gasteiger charge is -2.36. The summed E-state index contributed by atoms with van der Waals surface area (Å²) in [6.45, 7) is 7.13. The maximum Gasteiger partial charge on any atom is 0.161 e. The number of ether oxygens (including phenoxy) is 4. The van der Waals surface area contributed by atoms with Gasteiger partial charge in [0, 0.05) is 19.6 Å². The van der Waals surface area contributed by atoms with E-state index in [1.54, 1.807) is 14.2 Å². The SMILES string of the molecule is COc1ccc(COC[C@@H](O)CN2C[C@H](C)O[C@@H](C)C2)cc1OC. The van der Waals surface area contributed by atoms with Gasteiger partial charge in [-0.05, 0) is 31.5 Å². The van der Waals surface area contributed by atoms with Crippen LogP contribution in [0.4, 0.5) is 0 Å². The molecular weight excluding hydrogens is 310 g/mol. The zero-order chi connectivity index (χ0) is 17.5. The van der Waals surface area contributed by atoms with E-state index in [2.05, 4.69) is 18.7 Å². The zero-order valence-corrected chi connectivity index (χ0v) is 15.0. The molecule has 0 spiro atoms. The Morgan fingerprint density at radius 1 is 1.17 bits per heavy atom. The van der Waals surface area contributed by atoms with Crippen molar-refractivity contribution in [3.63, 3.8) is 0 Å². The minimum atomic E-state index is -0.511. The molecular formula is C18H29NO5. The highest BCUT2D eigenvalue weighted by Gasteiger charge is 2.23. The molecule has 24 heavy (non-hydrogen) atoms. The highest BCUT2D eigenvalue weighted by molar-refractivity contribution is 5.42. The van der Waals surface area contributed by atoms with Crippen molar-refractivity contribution in [3.05, 3.63) is 23.8 Å². The summed E-state index contributed by atoms with van der Waals surface area (Å²) < 4.78 is 21.8. The van der Waals surface area contributed by atoms with Crippen LogP contribution in [0.15, 0.2) is 18.2 Å². The number of aliphatic hydroxyl groups is 1. The van der Waals surface area contributed by atoms with Crippen LogP contribution < -0.4 is 9.47 Å². The van der Waals surface area contributed by atoms with Crippen molar-refractivity contribution in [1.29, 1.82) is 0 Å². The number of nitrogens with zero attached hydrogens (tertiary/aromatic N) is 1. The van der Waals surface area contributed by atoms with Gasteiger partial charge in [-0.2, -0.15) is 0 Å². The third-order valence-electron chi connectivity index (χ3n) is 3.99. The van der Waals surface area contributed by atoms with Crippen LogP contribution in [0, 0.1) is 0 Å². The van der Waals surface area contributed by atoms with Crippen molar-refractivity contribution in [3.8, 4) is 11.5 Å². The topological polar surface area (TPSA) is 60.4 Å². The Balaban J connectivity index is 1.75. The molecule has 0 saturated carbocycles. The standard InChI is InChI=1S/C18H29NO5/c1-13-8-19(9-14(2)24-13)10-16(20)12-23-11-15-5-6-17(21-3)18(7-15)22-4/h5-7,13-14,16,20H,8-12H2,1-4H3/t13-,14-,16-/m0/s1. The first-order chi connectivity index (χ1) is 11.5. The van der Waals surface area contributed by atoms with Crippen LogP contribution >= 0.6 is 0 Å². The van der Waals surface area contributed by atoms with E-state index < -0.39 is 6.10 Å². The van der Waals surface area contributed by atoms with E-state index >= 15 is 0 Å². The Bertz CT molecular complexity index is 500. The van der Waals surface area contributed by atoms with E-state index in [0.29, 0.717) is 31.3 Å². The van der Waals surface area contributed by atoms with E-state index in [1.807, 2.05) is 18.2 Å². The quantitative estimate of drug-likeness (QED) is 0.778. The Kier molecular flexibility index (Phi) is 7.30. The number of hydrogen-bond acceptors (Lipinski definition) is 6. The number of β-amino-alcohol motifs (C(OH)–C–C–N with tert-alkyl or cyclic N) is 1. The molecule has 0 unspecified atom stereocenters. The molecule has 0 radical (unpaired) electrons. The van der Waals surface area contributed by atoms with E-state index in [4.69, 9.17) is 18.9 Å². The second kappa shape index (κ2) is 9.22. The van der Waals surface area contributed by atoms with Crippen molar-refractivity contribution in [1.82, 2.24) is 4.90 Å².